The summed E-state index contributed by atoms with van der Waals surface area (Å²) in [6, 6.07) is 6.93. The lowest BCUT2D eigenvalue weighted by atomic mass is 9.76. The van der Waals surface area contributed by atoms with E-state index in [-0.39, 0.29) is 24.0 Å². The van der Waals surface area contributed by atoms with Crippen molar-refractivity contribution >= 4 is 23.4 Å². The van der Waals surface area contributed by atoms with E-state index in [0.29, 0.717) is 17.0 Å². The number of carboxylic acid groups (broad SMARTS) is 1. The fraction of sp³-hybridized carbons (Fsp3) is 0.467. The van der Waals surface area contributed by atoms with Gasteiger partial charge in [-0.1, -0.05) is 36.6 Å². The summed E-state index contributed by atoms with van der Waals surface area (Å²) in [5.74, 6) is -1.28. The molecule has 0 bridgehead atoms. The van der Waals surface area contributed by atoms with E-state index < -0.39 is 5.97 Å². The van der Waals surface area contributed by atoms with Gasteiger partial charge in [0.2, 0.25) is 0 Å². The van der Waals surface area contributed by atoms with Crippen LogP contribution in [0.4, 0.5) is 0 Å². The maximum Gasteiger partial charge on any atom is 0.306 e. The molecule has 2 atom stereocenters. The number of ketones is 1. The molecule has 1 fully saturated rings. The zero-order valence-corrected chi connectivity index (χ0v) is 11.4. The molecule has 0 saturated heterocycles. The molecule has 4 heteroatoms. The first kappa shape index (κ1) is 14.1. The van der Waals surface area contributed by atoms with Gasteiger partial charge >= 0.3 is 5.97 Å². The minimum absolute atomic E-state index is 0.0521. The highest BCUT2D eigenvalue weighted by Crippen LogP contribution is 2.34. The zero-order chi connectivity index (χ0) is 13.8. The van der Waals surface area contributed by atoms with Crippen LogP contribution in [-0.4, -0.2) is 16.9 Å². The molecule has 1 aromatic carbocycles. The summed E-state index contributed by atoms with van der Waals surface area (Å²) < 4.78 is 0. The van der Waals surface area contributed by atoms with Crippen molar-refractivity contribution in [3.63, 3.8) is 0 Å². The standard InChI is InChI=1S/C15H17ClO3/c16-13-8-4-3-7-12(13)14(17)9-10-5-1-2-6-11(10)15(18)19/h3-4,7-8,10-11H,1-2,5-6,9H2,(H,18,19)/t10-,11-/m0/s1. The van der Waals surface area contributed by atoms with Crippen LogP contribution in [-0.2, 0) is 4.79 Å². The fourth-order valence-corrected chi connectivity index (χ4v) is 3.05. The monoisotopic (exact) mass is 280 g/mol. The number of hydrogen-bond donors (Lipinski definition) is 1. The molecule has 102 valence electrons. The maximum absolute atomic E-state index is 12.2. The summed E-state index contributed by atoms with van der Waals surface area (Å²) in [7, 11) is 0. The molecule has 2 rings (SSSR count). The molecule has 1 aliphatic carbocycles. The molecule has 19 heavy (non-hydrogen) atoms. The second-order valence-corrected chi connectivity index (χ2v) is 5.50. The van der Waals surface area contributed by atoms with Crippen LogP contribution in [0.5, 0.6) is 0 Å². The molecule has 1 N–H and O–H groups in total. The van der Waals surface area contributed by atoms with Gasteiger partial charge in [-0.25, -0.2) is 0 Å². The molecule has 0 spiro atoms. The Labute approximate surface area is 117 Å². The lowest BCUT2D eigenvalue weighted by molar-refractivity contribution is -0.144. The predicted molar refractivity (Wildman–Crippen MR) is 73.5 cm³/mol. The Hall–Kier alpha value is -1.35. The predicted octanol–water partition coefficient (Wildman–Crippen LogP) is 3.80. The molecular weight excluding hydrogens is 264 g/mol. The Morgan fingerprint density at radius 2 is 1.89 bits per heavy atom. The van der Waals surface area contributed by atoms with Crippen LogP contribution < -0.4 is 0 Å². The van der Waals surface area contributed by atoms with Gasteiger partial charge in [-0.3, -0.25) is 9.59 Å². The fourth-order valence-electron chi connectivity index (χ4n) is 2.81. The molecule has 1 saturated carbocycles. The van der Waals surface area contributed by atoms with Crippen LogP contribution in [0.2, 0.25) is 5.02 Å². The molecule has 0 heterocycles. The van der Waals surface area contributed by atoms with Crippen molar-refractivity contribution in [2.24, 2.45) is 11.8 Å². The summed E-state index contributed by atoms with van der Waals surface area (Å²) in [6.45, 7) is 0. The number of carbonyl (C=O) groups excluding carboxylic acids is 1. The van der Waals surface area contributed by atoms with E-state index >= 15 is 0 Å². The van der Waals surface area contributed by atoms with Crippen molar-refractivity contribution < 1.29 is 14.7 Å². The largest absolute Gasteiger partial charge is 0.481 e. The quantitative estimate of drug-likeness (QED) is 0.854. The van der Waals surface area contributed by atoms with E-state index in [2.05, 4.69) is 0 Å². The van der Waals surface area contributed by atoms with Crippen molar-refractivity contribution in [1.82, 2.24) is 0 Å². The molecule has 1 aliphatic rings. The van der Waals surface area contributed by atoms with E-state index in [1.165, 1.54) is 0 Å². The Kier molecular flexibility index (Phi) is 4.59. The van der Waals surface area contributed by atoms with E-state index in [1.54, 1.807) is 24.3 Å². The number of halogens is 1. The van der Waals surface area contributed by atoms with E-state index in [4.69, 9.17) is 11.6 Å². The third-order valence-corrected chi connectivity index (χ3v) is 4.18. The van der Waals surface area contributed by atoms with Crippen molar-refractivity contribution in [1.29, 1.82) is 0 Å². The second kappa shape index (κ2) is 6.20. The Morgan fingerprint density at radius 1 is 1.21 bits per heavy atom. The molecule has 0 aromatic heterocycles. The molecule has 1 aromatic rings. The Morgan fingerprint density at radius 3 is 2.58 bits per heavy atom. The zero-order valence-electron chi connectivity index (χ0n) is 10.6. The third kappa shape index (κ3) is 3.35. The molecule has 0 aliphatic heterocycles. The van der Waals surface area contributed by atoms with Crippen molar-refractivity contribution in [3.8, 4) is 0 Å². The smallest absolute Gasteiger partial charge is 0.306 e. The minimum atomic E-state index is -0.781. The normalized spacial score (nSPS) is 23.0. The highest BCUT2D eigenvalue weighted by atomic mass is 35.5. The van der Waals surface area contributed by atoms with Gasteiger partial charge in [0.25, 0.3) is 0 Å². The highest BCUT2D eigenvalue weighted by molar-refractivity contribution is 6.33. The van der Waals surface area contributed by atoms with Crippen LogP contribution in [0, 0.1) is 11.8 Å². The number of rotatable bonds is 4. The maximum atomic E-state index is 12.2. The number of carbonyl (C=O) groups is 2. The summed E-state index contributed by atoms with van der Waals surface area (Å²) >= 11 is 6.00. The summed E-state index contributed by atoms with van der Waals surface area (Å²) in [4.78, 5) is 23.4. The third-order valence-electron chi connectivity index (χ3n) is 3.85. The number of hydrogen-bond acceptors (Lipinski definition) is 2. The van der Waals surface area contributed by atoms with Gasteiger partial charge < -0.3 is 5.11 Å². The van der Waals surface area contributed by atoms with Crippen LogP contribution >= 0.6 is 11.6 Å². The van der Waals surface area contributed by atoms with Gasteiger partial charge in [0, 0.05) is 12.0 Å². The second-order valence-electron chi connectivity index (χ2n) is 5.10. The van der Waals surface area contributed by atoms with E-state index in [1.807, 2.05) is 0 Å². The molecule has 0 unspecified atom stereocenters. The van der Waals surface area contributed by atoms with E-state index in [9.17, 15) is 14.7 Å². The molecule has 3 nitrogen and oxygen atoms in total. The van der Waals surface area contributed by atoms with Gasteiger partial charge in [0.1, 0.15) is 0 Å². The van der Waals surface area contributed by atoms with Crippen LogP contribution in [0.25, 0.3) is 0 Å². The number of benzene rings is 1. The SMILES string of the molecule is O=C(C[C@@H]1CCCC[C@@H]1C(=O)O)c1ccccc1Cl. The Balaban J connectivity index is 2.09. The number of aliphatic carboxylic acids is 1. The van der Waals surface area contributed by atoms with Crippen molar-refractivity contribution in [3.05, 3.63) is 34.9 Å². The summed E-state index contributed by atoms with van der Waals surface area (Å²) in [5.41, 5.74) is 0.499. The first-order valence-electron chi connectivity index (χ1n) is 6.60. The first-order valence-corrected chi connectivity index (χ1v) is 6.98. The molecule has 0 radical (unpaired) electrons. The molecule has 0 amide bonds. The van der Waals surface area contributed by atoms with Crippen molar-refractivity contribution in [2.75, 3.05) is 0 Å². The van der Waals surface area contributed by atoms with E-state index in [0.717, 1.165) is 19.3 Å². The van der Waals surface area contributed by atoms with Gasteiger partial charge in [-0.05, 0) is 30.9 Å². The van der Waals surface area contributed by atoms with Crippen LogP contribution in [0.1, 0.15) is 42.5 Å². The number of Topliss-reactive ketones (excluding diaryl/α,β-unsaturated/α-hetero) is 1. The van der Waals surface area contributed by atoms with Gasteiger partial charge in [-0.15, -0.1) is 0 Å². The van der Waals surface area contributed by atoms with Gasteiger partial charge in [0.15, 0.2) is 5.78 Å². The summed E-state index contributed by atoms with van der Waals surface area (Å²) in [5, 5.41) is 9.65. The van der Waals surface area contributed by atoms with Crippen molar-refractivity contribution in [2.45, 2.75) is 32.1 Å². The van der Waals surface area contributed by atoms with Gasteiger partial charge in [-0.2, -0.15) is 0 Å². The average molecular weight is 281 g/mol. The molecular formula is C15H17ClO3. The van der Waals surface area contributed by atoms with Gasteiger partial charge in [0.05, 0.1) is 10.9 Å². The Bertz CT molecular complexity index is 484. The number of carboxylic acids is 1. The minimum Gasteiger partial charge on any atom is -0.481 e. The van der Waals surface area contributed by atoms with Crippen LogP contribution in [0.15, 0.2) is 24.3 Å². The summed E-state index contributed by atoms with van der Waals surface area (Å²) in [6.07, 6.45) is 3.71. The van der Waals surface area contributed by atoms with Crippen LogP contribution in [0.3, 0.4) is 0 Å². The first-order chi connectivity index (χ1) is 9.09. The lowest BCUT2D eigenvalue weighted by Crippen LogP contribution is -2.28. The average Bonchev–Trinajstić information content (AvgIpc) is 2.39. The lowest BCUT2D eigenvalue weighted by Gasteiger charge is -2.28. The highest BCUT2D eigenvalue weighted by Gasteiger charge is 2.32. The topological polar surface area (TPSA) is 54.4 Å².